The van der Waals surface area contributed by atoms with Gasteiger partial charge in [0.15, 0.2) is 0 Å². The maximum atomic E-state index is 13.0. The fraction of sp³-hybridized carbons (Fsp3) is 0.611. The smallest absolute Gasteiger partial charge is 0.338 e. The molecule has 0 fully saturated rings. The highest BCUT2D eigenvalue weighted by Gasteiger charge is 2.23. The van der Waals surface area contributed by atoms with Crippen molar-refractivity contribution < 1.29 is 40.5 Å². The molecule has 2 aromatic carbocycles. The second-order valence-corrected chi connectivity index (χ2v) is 11.5. The molecule has 0 saturated heterocycles. The number of unbranched alkanes of at least 4 members (excludes halogenated alkanes) is 10. The van der Waals surface area contributed by atoms with Gasteiger partial charge in [-0.2, -0.15) is 0 Å². The van der Waals surface area contributed by atoms with E-state index in [-0.39, 0.29) is 28.9 Å². The third-order valence-corrected chi connectivity index (χ3v) is 8.39. The average Bonchev–Trinajstić information content (AvgIpc) is 3.02. The number of carbonyl (C=O) groups excluding carboxylic acids is 2. The average molecular weight is 662 g/mol. The Labute approximate surface area is 272 Å². The first-order valence-electron chi connectivity index (χ1n) is 16.6. The number of anilines is 1. The van der Waals surface area contributed by atoms with Gasteiger partial charge in [0, 0.05) is 5.69 Å². The van der Waals surface area contributed by atoms with Gasteiger partial charge >= 0.3 is 5.97 Å². The summed E-state index contributed by atoms with van der Waals surface area (Å²) >= 11 is 0. The lowest BCUT2D eigenvalue weighted by Crippen LogP contribution is -3.00. The van der Waals surface area contributed by atoms with Gasteiger partial charge in [-0.1, -0.05) is 83.8 Å². The summed E-state index contributed by atoms with van der Waals surface area (Å²) in [5, 5.41) is 2.93. The molecular weight excluding hydrogens is 604 g/mol. The van der Waals surface area contributed by atoms with Gasteiger partial charge in [0.2, 0.25) is 0 Å². The highest BCUT2D eigenvalue weighted by Crippen LogP contribution is 2.21. The summed E-state index contributed by atoms with van der Waals surface area (Å²) in [5.74, 6) is 0.0301. The van der Waals surface area contributed by atoms with Crippen LogP contribution in [-0.2, 0) is 4.74 Å². The van der Waals surface area contributed by atoms with Crippen LogP contribution in [0.1, 0.15) is 125 Å². The lowest BCUT2D eigenvalue weighted by molar-refractivity contribution is -0.925. The van der Waals surface area contributed by atoms with Gasteiger partial charge in [0.1, 0.15) is 18.9 Å². The zero-order valence-electron chi connectivity index (χ0n) is 27.3. The molecule has 1 amide bonds. The van der Waals surface area contributed by atoms with Crippen molar-refractivity contribution in [1.29, 1.82) is 0 Å². The minimum atomic E-state index is -0.328. The van der Waals surface area contributed by atoms with Crippen molar-refractivity contribution in [3.05, 3.63) is 59.7 Å². The number of rotatable bonds is 23. The predicted octanol–water partition coefficient (Wildman–Crippen LogP) is 6.06. The number of hydrogen-bond donors (Lipinski definition) is 1. The van der Waals surface area contributed by atoms with Gasteiger partial charge in [-0.15, -0.1) is 0 Å². The number of para-hydroxylation sites is 1. The molecule has 2 aromatic rings. The van der Waals surface area contributed by atoms with Crippen LogP contribution in [0.5, 0.6) is 5.75 Å². The Balaban J connectivity index is 0.00000924. The second-order valence-electron chi connectivity index (χ2n) is 11.5. The highest BCUT2D eigenvalue weighted by molar-refractivity contribution is 6.06. The zero-order valence-corrected chi connectivity index (χ0v) is 28.9. The van der Waals surface area contributed by atoms with Crippen molar-refractivity contribution in [3.8, 4) is 5.75 Å². The Morgan fingerprint density at radius 1 is 0.674 bits per heavy atom. The number of benzene rings is 2. The van der Waals surface area contributed by atoms with E-state index in [1.165, 1.54) is 64.2 Å². The van der Waals surface area contributed by atoms with E-state index >= 15 is 0 Å². The molecule has 0 atom stereocenters. The van der Waals surface area contributed by atoms with Crippen LogP contribution in [0.15, 0.2) is 48.5 Å². The summed E-state index contributed by atoms with van der Waals surface area (Å²) in [4.78, 5) is 25.7. The SMILES string of the molecule is CCCCCCCCOc1ccccc1C(=O)Nc1ccc(C(=O)OCC[N+](CC)(CC)CCCCCCCC)cc1.[Br-]. The van der Waals surface area contributed by atoms with E-state index in [1.54, 1.807) is 30.3 Å². The molecule has 0 aliphatic heterocycles. The van der Waals surface area contributed by atoms with Crippen LogP contribution in [0.2, 0.25) is 0 Å². The number of likely N-dealkylation sites (N-methyl/N-ethyl adjacent to an activating group) is 1. The normalized spacial score (nSPS) is 11.1. The van der Waals surface area contributed by atoms with Crippen LogP contribution in [0, 0.1) is 0 Å². The van der Waals surface area contributed by atoms with E-state index in [0.717, 1.165) is 43.5 Å². The van der Waals surface area contributed by atoms with E-state index in [0.29, 0.717) is 35.8 Å². The topological polar surface area (TPSA) is 64.6 Å². The fourth-order valence-corrected chi connectivity index (χ4v) is 5.34. The minimum absolute atomic E-state index is 0. The summed E-state index contributed by atoms with van der Waals surface area (Å²) in [5.41, 5.74) is 1.60. The Hall–Kier alpha value is -2.38. The highest BCUT2D eigenvalue weighted by atomic mass is 79.9. The fourth-order valence-electron chi connectivity index (χ4n) is 5.34. The van der Waals surface area contributed by atoms with Crippen molar-refractivity contribution in [3.63, 3.8) is 0 Å². The summed E-state index contributed by atoms with van der Waals surface area (Å²) in [6, 6.07) is 14.2. The van der Waals surface area contributed by atoms with Crippen molar-refractivity contribution in [2.45, 2.75) is 105 Å². The third kappa shape index (κ3) is 14.8. The van der Waals surface area contributed by atoms with E-state index in [4.69, 9.17) is 9.47 Å². The molecule has 0 bridgehead atoms. The van der Waals surface area contributed by atoms with Crippen molar-refractivity contribution in [2.24, 2.45) is 0 Å². The summed E-state index contributed by atoms with van der Waals surface area (Å²) in [6.07, 6.45) is 14.9. The first kappa shape index (κ1) is 38.6. The molecule has 43 heavy (non-hydrogen) atoms. The van der Waals surface area contributed by atoms with E-state index < -0.39 is 0 Å². The molecule has 1 N–H and O–H groups in total. The van der Waals surface area contributed by atoms with Crippen LogP contribution in [0.25, 0.3) is 0 Å². The molecular formula is C36H57BrN2O4. The van der Waals surface area contributed by atoms with Crippen molar-refractivity contribution in [1.82, 2.24) is 0 Å². The molecule has 2 rings (SSSR count). The van der Waals surface area contributed by atoms with Crippen LogP contribution >= 0.6 is 0 Å². The standard InChI is InChI=1S/C36H56N2O4.BrH/c1-5-9-11-13-15-19-27-38(7-3,8-4)28-30-42-36(40)31-23-25-32(26-24-31)37-35(39)33-21-17-18-22-34(33)41-29-20-16-14-12-10-6-2;/h17-18,21-26H,5-16,19-20,27-30H2,1-4H3;1H. The number of hydrogen-bond acceptors (Lipinski definition) is 4. The molecule has 0 aliphatic carbocycles. The largest absolute Gasteiger partial charge is 1.00 e. The van der Waals surface area contributed by atoms with Gasteiger partial charge < -0.3 is 36.3 Å². The summed E-state index contributed by atoms with van der Waals surface area (Å²) in [6.45, 7) is 14.0. The number of amides is 1. The monoisotopic (exact) mass is 660 g/mol. The third-order valence-electron chi connectivity index (χ3n) is 8.39. The number of nitrogens with zero attached hydrogens (tertiary/aromatic N) is 1. The Morgan fingerprint density at radius 3 is 1.88 bits per heavy atom. The van der Waals surface area contributed by atoms with E-state index in [2.05, 4.69) is 33.0 Å². The predicted molar refractivity (Wildman–Crippen MR) is 174 cm³/mol. The molecule has 6 nitrogen and oxygen atoms in total. The quantitative estimate of drug-likeness (QED) is 0.0895. The maximum Gasteiger partial charge on any atom is 0.338 e. The first-order chi connectivity index (χ1) is 20.5. The van der Waals surface area contributed by atoms with Crippen molar-refractivity contribution in [2.75, 3.05) is 44.7 Å². The number of halogens is 1. The zero-order chi connectivity index (χ0) is 30.5. The summed E-state index contributed by atoms with van der Waals surface area (Å²) < 4.78 is 12.6. The molecule has 0 saturated carbocycles. The molecule has 242 valence electrons. The minimum Gasteiger partial charge on any atom is -1.00 e. The lowest BCUT2D eigenvalue weighted by atomic mass is 10.1. The van der Waals surface area contributed by atoms with E-state index in [9.17, 15) is 9.59 Å². The second kappa shape index (κ2) is 23.1. The Bertz CT molecular complexity index is 1020. The Kier molecular flexibility index (Phi) is 20.7. The van der Waals surface area contributed by atoms with Crippen molar-refractivity contribution >= 4 is 17.6 Å². The molecule has 0 aromatic heterocycles. The molecule has 0 spiro atoms. The lowest BCUT2D eigenvalue weighted by Gasteiger charge is -2.36. The van der Waals surface area contributed by atoms with Crippen LogP contribution in [0.4, 0.5) is 5.69 Å². The number of nitrogens with one attached hydrogen (secondary N) is 1. The molecule has 0 unspecified atom stereocenters. The first-order valence-corrected chi connectivity index (χ1v) is 16.6. The molecule has 7 heteroatoms. The summed E-state index contributed by atoms with van der Waals surface area (Å²) in [7, 11) is 0. The Morgan fingerprint density at radius 2 is 1.26 bits per heavy atom. The van der Waals surface area contributed by atoms with Gasteiger partial charge in [0.05, 0.1) is 37.4 Å². The van der Waals surface area contributed by atoms with Crippen LogP contribution < -0.4 is 27.0 Å². The van der Waals surface area contributed by atoms with Gasteiger partial charge in [-0.25, -0.2) is 4.79 Å². The number of ether oxygens (including phenoxy) is 2. The molecule has 0 radical (unpaired) electrons. The van der Waals surface area contributed by atoms with Crippen LogP contribution in [0.3, 0.4) is 0 Å². The van der Waals surface area contributed by atoms with Gasteiger partial charge in [0.25, 0.3) is 5.91 Å². The number of esters is 1. The number of carbonyl (C=O) groups is 2. The number of quaternary nitrogens is 1. The van der Waals surface area contributed by atoms with E-state index in [1.807, 2.05) is 18.2 Å². The maximum absolute atomic E-state index is 13.0. The van der Waals surface area contributed by atoms with Crippen LogP contribution in [-0.4, -0.2) is 55.8 Å². The molecule has 0 aliphatic rings. The molecule has 0 heterocycles. The van der Waals surface area contributed by atoms with Gasteiger partial charge in [-0.05, 0) is 69.5 Å². The van der Waals surface area contributed by atoms with Gasteiger partial charge in [-0.3, -0.25) is 4.79 Å².